The summed E-state index contributed by atoms with van der Waals surface area (Å²) in [6.45, 7) is 5.13. The Labute approximate surface area is 106 Å². The van der Waals surface area contributed by atoms with Crippen LogP contribution in [-0.2, 0) is 14.3 Å². The van der Waals surface area contributed by atoms with Gasteiger partial charge in [0, 0.05) is 0 Å². The van der Waals surface area contributed by atoms with Gasteiger partial charge >= 0.3 is 18.0 Å². The summed E-state index contributed by atoms with van der Waals surface area (Å²) in [5.41, 5.74) is 0. The lowest BCUT2D eigenvalue weighted by molar-refractivity contribution is -0.143. The minimum absolute atomic E-state index is 0.186. The average Bonchev–Trinajstić information content (AvgIpc) is 2.26. The summed E-state index contributed by atoms with van der Waals surface area (Å²) >= 11 is 0. The van der Waals surface area contributed by atoms with Gasteiger partial charge in [-0.3, -0.25) is 4.79 Å². The fourth-order valence-electron chi connectivity index (χ4n) is 1.29. The van der Waals surface area contributed by atoms with Crippen LogP contribution in [0.3, 0.4) is 0 Å². The smallest absolute Gasteiger partial charge is 0.328 e. The van der Waals surface area contributed by atoms with E-state index in [0.29, 0.717) is 6.42 Å². The van der Waals surface area contributed by atoms with Gasteiger partial charge in [0.05, 0.1) is 7.11 Å². The molecule has 0 aromatic heterocycles. The lowest BCUT2D eigenvalue weighted by Crippen LogP contribution is -2.50. The number of esters is 1. The van der Waals surface area contributed by atoms with E-state index < -0.39 is 30.1 Å². The molecule has 0 fully saturated rings. The molecule has 104 valence electrons. The monoisotopic (exact) mass is 260 g/mol. The van der Waals surface area contributed by atoms with Gasteiger partial charge in [-0.1, -0.05) is 13.8 Å². The van der Waals surface area contributed by atoms with Crippen LogP contribution >= 0.6 is 0 Å². The highest BCUT2D eigenvalue weighted by Crippen LogP contribution is 2.06. The Morgan fingerprint density at radius 1 is 1.17 bits per heavy atom. The van der Waals surface area contributed by atoms with Gasteiger partial charge in [0.25, 0.3) is 0 Å². The second-order valence-electron chi connectivity index (χ2n) is 4.38. The number of urea groups is 1. The Morgan fingerprint density at radius 2 is 1.72 bits per heavy atom. The molecule has 7 heteroatoms. The van der Waals surface area contributed by atoms with E-state index in [1.54, 1.807) is 0 Å². The average molecular weight is 260 g/mol. The molecule has 0 saturated heterocycles. The van der Waals surface area contributed by atoms with E-state index in [2.05, 4.69) is 15.4 Å². The third-order valence-corrected chi connectivity index (χ3v) is 2.22. The zero-order valence-electron chi connectivity index (χ0n) is 11.0. The molecule has 0 aromatic carbocycles. The summed E-state index contributed by atoms with van der Waals surface area (Å²) in [5, 5.41) is 13.2. The van der Waals surface area contributed by atoms with Crippen molar-refractivity contribution in [3.8, 4) is 0 Å². The Hall–Kier alpha value is -1.79. The number of carbonyl (C=O) groups is 3. The zero-order valence-corrected chi connectivity index (χ0v) is 11.0. The molecule has 0 bridgehead atoms. The van der Waals surface area contributed by atoms with Crippen molar-refractivity contribution in [1.82, 2.24) is 10.6 Å². The molecule has 2 amide bonds. The fourth-order valence-corrected chi connectivity index (χ4v) is 1.29. The lowest BCUT2D eigenvalue weighted by Gasteiger charge is -2.19. The molecular formula is C11H20N2O5. The molecule has 0 aromatic rings. The van der Waals surface area contributed by atoms with Crippen molar-refractivity contribution < 1.29 is 24.2 Å². The molecule has 0 aliphatic carbocycles. The van der Waals surface area contributed by atoms with Gasteiger partial charge in [-0.05, 0) is 19.3 Å². The Kier molecular flexibility index (Phi) is 6.77. The van der Waals surface area contributed by atoms with Gasteiger partial charge in [-0.2, -0.15) is 0 Å². The largest absolute Gasteiger partial charge is 0.480 e. The fraction of sp³-hybridized carbons (Fsp3) is 0.727. The lowest BCUT2D eigenvalue weighted by atomic mass is 10.0. The molecule has 0 heterocycles. The SMILES string of the molecule is COC(=O)C(CC(C)C)NC(=O)N[C@H](C)C(=O)O. The van der Waals surface area contributed by atoms with Crippen LogP contribution < -0.4 is 10.6 Å². The van der Waals surface area contributed by atoms with Gasteiger partial charge < -0.3 is 20.5 Å². The topological polar surface area (TPSA) is 105 Å². The molecule has 0 aliphatic heterocycles. The number of amides is 2. The zero-order chi connectivity index (χ0) is 14.3. The quantitative estimate of drug-likeness (QED) is 0.597. The third kappa shape index (κ3) is 6.07. The van der Waals surface area contributed by atoms with Crippen LogP contribution in [0.25, 0.3) is 0 Å². The molecule has 0 aliphatic rings. The van der Waals surface area contributed by atoms with E-state index in [0.717, 1.165) is 0 Å². The second kappa shape index (κ2) is 7.52. The van der Waals surface area contributed by atoms with E-state index in [4.69, 9.17) is 5.11 Å². The first kappa shape index (κ1) is 16.2. The van der Waals surface area contributed by atoms with Gasteiger partial charge in [-0.25, -0.2) is 9.59 Å². The third-order valence-electron chi connectivity index (χ3n) is 2.22. The Bertz CT molecular complexity index is 317. The highest BCUT2D eigenvalue weighted by Gasteiger charge is 2.23. The maximum Gasteiger partial charge on any atom is 0.328 e. The summed E-state index contributed by atoms with van der Waals surface area (Å²) in [4.78, 5) is 33.5. The minimum Gasteiger partial charge on any atom is -0.480 e. The van der Waals surface area contributed by atoms with Crippen LogP contribution in [0.2, 0.25) is 0 Å². The first-order valence-corrected chi connectivity index (χ1v) is 5.65. The van der Waals surface area contributed by atoms with E-state index >= 15 is 0 Å². The summed E-state index contributed by atoms with van der Waals surface area (Å²) < 4.78 is 4.57. The number of ether oxygens (including phenoxy) is 1. The highest BCUT2D eigenvalue weighted by atomic mass is 16.5. The van der Waals surface area contributed by atoms with Crippen molar-refractivity contribution in [2.45, 2.75) is 39.3 Å². The summed E-state index contributed by atoms with van der Waals surface area (Å²) in [6, 6.07) is -2.51. The van der Waals surface area contributed by atoms with Crippen molar-refractivity contribution in [2.75, 3.05) is 7.11 Å². The van der Waals surface area contributed by atoms with Crippen molar-refractivity contribution in [3.63, 3.8) is 0 Å². The highest BCUT2D eigenvalue weighted by molar-refractivity contribution is 5.86. The number of carboxylic acid groups (broad SMARTS) is 1. The van der Waals surface area contributed by atoms with Crippen LogP contribution in [-0.4, -0.2) is 42.3 Å². The normalized spacial score (nSPS) is 13.6. The predicted octanol–water partition coefficient (Wildman–Crippen LogP) is 0.346. The van der Waals surface area contributed by atoms with Gasteiger partial charge in [-0.15, -0.1) is 0 Å². The van der Waals surface area contributed by atoms with Crippen LogP contribution in [0.4, 0.5) is 4.79 Å². The molecule has 1 unspecified atom stereocenters. The maximum absolute atomic E-state index is 11.5. The van der Waals surface area contributed by atoms with E-state index in [9.17, 15) is 14.4 Å². The van der Waals surface area contributed by atoms with Gasteiger partial charge in [0.15, 0.2) is 0 Å². The van der Waals surface area contributed by atoms with E-state index in [1.807, 2.05) is 13.8 Å². The molecule has 0 radical (unpaired) electrons. The molecule has 0 rings (SSSR count). The van der Waals surface area contributed by atoms with Crippen LogP contribution in [0, 0.1) is 5.92 Å². The predicted molar refractivity (Wildman–Crippen MR) is 64.0 cm³/mol. The standard InChI is InChI=1S/C11H20N2O5/c1-6(2)5-8(10(16)18-4)13-11(17)12-7(3)9(14)15/h6-8H,5H2,1-4H3,(H,14,15)(H2,12,13,17)/t7-,8?/m1/s1. The summed E-state index contributed by atoms with van der Waals surface area (Å²) in [6.07, 6.45) is 0.418. The molecular weight excluding hydrogens is 240 g/mol. The number of carbonyl (C=O) groups excluding carboxylic acids is 2. The van der Waals surface area contributed by atoms with Crippen molar-refractivity contribution in [1.29, 1.82) is 0 Å². The number of methoxy groups -OCH3 is 1. The maximum atomic E-state index is 11.5. The molecule has 7 nitrogen and oxygen atoms in total. The molecule has 0 spiro atoms. The number of carboxylic acids is 1. The van der Waals surface area contributed by atoms with E-state index in [1.165, 1.54) is 14.0 Å². The van der Waals surface area contributed by atoms with Crippen molar-refractivity contribution in [3.05, 3.63) is 0 Å². The van der Waals surface area contributed by atoms with E-state index in [-0.39, 0.29) is 5.92 Å². The number of rotatable bonds is 6. The number of hydrogen-bond donors (Lipinski definition) is 3. The summed E-state index contributed by atoms with van der Waals surface area (Å²) in [5.74, 6) is -1.52. The first-order valence-electron chi connectivity index (χ1n) is 5.65. The van der Waals surface area contributed by atoms with Crippen molar-refractivity contribution in [2.24, 2.45) is 5.92 Å². The minimum atomic E-state index is -1.15. The molecule has 18 heavy (non-hydrogen) atoms. The molecule has 2 atom stereocenters. The van der Waals surface area contributed by atoms with Crippen LogP contribution in [0.5, 0.6) is 0 Å². The number of aliphatic carboxylic acids is 1. The Balaban J connectivity index is 4.44. The van der Waals surface area contributed by atoms with Crippen LogP contribution in [0.15, 0.2) is 0 Å². The van der Waals surface area contributed by atoms with Crippen molar-refractivity contribution >= 4 is 18.0 Å². The summed E-state index contributed by atoms with van der Waals surface area (Å²) in [7, 11) is 1.23. The van der Waals surface area contributed by atoms with Gasteiger partial charge in [0.2, 0.25) is 0 Å². The first-order chi connectivity index (χ1) is 8.27. The number of hydrogen-bond acceptors (Lipinski definition) is 4. The molecule has 3 N–H and O–H groups in total. The second-order valence-corrected chi connectivity index (χ2v) is 4.38. The van der Waals surface area contributed by atoms with Gasteiger partial charge in [0.1, 0.15) is 12.1 Å². The Morgan fingerprint density at radius 3 is 2.11 bits per heavy atom. The number of nitrogens with one attached hydrogen (secondary N) is 2. The van der Waals surface area contributed by atoms with Crippen LogP contribution in [0.1, 0.15) is 27.2 Å². The molecule has 0 saturated carbocycles.